The fourth-order valence-corrected chi connectivity index (χ4v) is 12.0. The molecule has 1 fully saturated rings. The topological polar surface area (TPSA) is 358 Å². The SMILES string of the molecule is CC[C@H](C)[C@@H]([C@@H](CC(=O)N1CCC[C@H]1[C@H](OC)[C@@H](C)C(=O)N[C@H](C)[C@@H](O)c1ccccc1)OC)N(C)C(=O)[C@@H](NC(=O)[C@H](C(C)C)N(C)C(=O)OCc1ccc(NC(=O)[C@H](CCC(=O)O)NC(=O)C(C)(C)NC(=O)[C@@H](CC(C)C)NC(=O)CCN2C(=O)C=CC2=O)cc1)C(C)C. The molecule has 2 aliphatic heterocycles. The molecular weight excluding hydrogens is 1240 g/mol. The number of carboxylic acid groups (broad SMARTS) is 1. The third-order valence-corrected chi connectivity index (χ3v) is 17.8. The van der Waals surface area contributed by atoms with Gasteiger partial charge in [-0.2, -0.15) is 0 Å². The molecule has 2 heterocycles. The van der Waals surface area contributed by atoms with Crippen LogP contribution in [0.25, 0.3) is 0 Å². The number of amides is 11. The van der Waals surface area contributed by atoms with E-state index in [-0.39, 0.29) is 68.2 Å². The number of likely N-dealkylation sites (N-methyl/N-ethyl adjacent to an activating group) is 2. The number of aliphatic carboxylic acids is 1. The van der Waals surface area contributed by atoms with Gasteiger partial charge in [-0.15, -0.1) is 0 Å². The molecular formula is C69H104N10O17. The second-order valence-corrected chi connectivity index (χ2v) is 26.7. The van der Waals surface area contributed by atoms with E-state index in [9.17, 15) is 67.7 Å². The summed E-state index contributed by atoms with van der Waals surface area (Å²) >= 11 is 0. The second kappa shape index (κ2) is 37.3. The normalized spacial score (nSPS) is 17.4. The summed E-state index contributed by atoms with van der Waals surface area (Å²) in [5.74, 6) is -8.92. The number of likely N-dealkylation sites (tertiary alicyclic amines) is 1. The summed E-state index contributed by atoms with van der Waals surface area (Å²) in [4.78, 5) is 166. The Bertz CT molecular complexity index is 3030. The van der Waals surface area contributed by atoms with Gasteiger partial charge in [0.1, 0.15) is 36.3 Å². The molecule has 96 heavy (non-hydrogen) atoms. The van der Waals surface area contributed by atoms with Gasteiger partial charge in [-0.05, 0) is 93.4 Å². The van der Waals surface area contributed by atoms with Gasteiger partial charge in [0, 0.05) is 72.1 Å². The molecule has 0 saturated carbocycles. The Balaban J connectivity index is 1.38. The lowest BCUT2D eigenvalue weighted by atomic mass is 9.89. The van der Waals surface area contributed by atoms with Gasteiger partial charge >= 0.3 is 12.1 Å². The number of carbonyl (C=O) groups is 12. The summed E-state index contributed by atoms with van der Waals surface area (Å²) in [7, 11) is 6.02. The third kappa shape index (κ3) is 22.7. The van der Waals surface area contributed by atoms with E-state index in [1.165, 1.54) is 52.1 Å². The van der Waals surface area contributed by atoms with Crippen LogP contribution in [0.5, 0.6) is 0 Å². The van der Waals surface area contributed by atoms with Crippen molar-refractivity contribution in [3.63, 3.8) is 0 Å². The first-order valence-electron chi connectivity index (χ1n) is 33.0. The molecule has 0 bridgehead atoms. The van der Waals surface area contributed by atoms with Crippen molar-refractivity contribution in [1.29, 1.82) is 0 Å². The molecule has 1 saturated heterocycles. The van der Waals surface area contributed by atoms with Crippen LogP contribution < -0.4 is 31.9 Å². The van der Waals surface area contributed by atoms with Crippen LogP contribution in [-0.2, 0) is 73.6 Å². The van der Waals surface area contributed by atoms with Gasteiger partial charge in [0.05, 0.1) is 48.8 Å². The molecule has 532 valence electrons. The van der Waals surface area contributed by atoms with Gasteiger partial charge < -0.3 is 66.1 Å². The number of aliphatic hydroxyl groups excluding tert-OH is 1. The van der Waals surface area contributed by atoms with Crippen molar-refractivity contribution in [1.82, 2.24) is 46.2 Å². The minimum absolute atomic E-state index is 0.105. The quantitative estimate of drug-likeness (QED) is 0.0428. The molecule has 11 amide bonds. The Kier molecular flexibility index (Phi) is 31.1. The molecule has 0 spiro atoms. The van der Waals surface area contributed by atoms with Gasteiger partial charge in [-0.1, -0.05) is 111 Å². The van der Waals surface area contributed by atoms with Gasteiger partial charge in [-0.3, -0.25) is 62.5 Å². The Morgan fingerprint density at radius 3 is 1.91 bits per heavy atom. The van der Waals surface area contributed by atoms with Crippen LogP contribution >= 0.6 is 0 Å². The standard InChI is InChI=1S/C69H104N10O17/c1-17-42(8)59(51(94-15)37-55(83)78-34-21-24-50(78)61(95-16)43(9)62(87)70-44(10)60(86)46-22-19-18-20-23-46)76(13)66(91)57(40(4)5)74-65(90)58(41(6)7)77(14)68(93)96-38-45-25-27-47(28-26-45)71-63(88)48(29-32-56(84)85)73-67(92)69(11,12)75-64(89)49(36-39(2)3)72-52(80)33-35-79-53(81)30-31-54(79)82/h18-20,22-23,25-28,30-31,39-44,48-51,57-61,86H,17,21,24,29,32-38H2,1-16H3,(H,70,87)(H,71,88)(H,72,80)(H,73,92)(H,74,90)(H,75,89)(H,84,85)/t42-,43+,44+,48-,49+,50-,51+,57-,58-,59-,60+,61+/m0/s1. The minimum atomic E-state index is -1.70. The first-order valence-corrected chi connectivity index (χ1v) is 33.0. The number of aliphatic hydroxyl groups is 1. The number of anilines is 1. The van der Waals surface area contributed by atoms with Gasteiger partial charge in [0.25, 0.3) is 11.8 Å². The van der Waals surface area contributed by atoms with Crippen molar-refractivity contribution in [2.45, 2.75) is 207 Å². The van der Waals surface area contributed by atoms with E-state index >= 15 is 0 Å². The van der Waals surface area contributed by atoms with Crippen molar-refractivity contribution in [2.75, 3.05) is 46.7 Å². The number of carboxylic acids is 1. The first kappa shape index (κ1) is 80.1. The van der Waals surface area contributed by atoms with E-state index in [4.69, 9.17) is 14.2 Å². The Labute approximate surface area is 564 Å². The largest absolute Gasteiger partial charge is 0.481 e. The maximum absolute atomic E-state index is 14.8. The number of ether oxygens (including phenoxy) is 3. The van der Waals surface area contributed by atoms with E-state index in [0.717, 1.165) is 22.0 Å². The number of hydrogen-bond acceptors (Lipinski definition) is 16. The summed E-state index contributed by atoms with van der Waals surface area (Å²) in [6.07, 6.45) is -0.337. The maximum Gasteiger partial charge on any atom is 0.410 e. The summed E-state index contributed by atoms with van der Waals surface area (Å²) in [5, 5.41) is 36.7. The highest BCUT2D eigenvalue weighted by atomic mass is 16.6. The molecule has 27 nitrogen and oxygen atoms in total. The van der Waals surface area contributed by atoms with E-state index < -0.39 is 150 Å². The lowest BCUT2D eigenvalue weighted by Gasteiger charge is -2.41. The highest BCUT2D eigenvalue weighted by Gasteiger charge is 2.44. The van der Waals surface area contributed by atoms with Crippen LogP contribution in [0.1, 0.15) is 152 Å². The summed E-state index contributed by atoms with van der Waals surface area (Å²) in [6, 6.07) is 8.66. The second-order valence-electron chi connectivity index (χ2n) is 26.7. The van der Waals surface area contributed by atoms with Crippen LogP contribution in [0, 0.1) is 29.6 Å². The Morgan fingerprint density at radius 2 is 1.35 bits per heavy atom. The van der Waals surface area contributed by atoms with E-state index in [2.05, 4.69) is 31.9 Å². The monoisotopic (exact) mass is 1340 g/mol. The zero-order valence-electron chi connectivity index (χ0n) is 58.6. The number of carbonyl (C=O) groups excluding carboxylic acids is 11. The number of benzene rings is 2. The number of hydrogen-bond donors (Lipinski definition) is 8. The predicted molar refractivity (Wildman–Crippen MR) is 356 cm³/mol. The van der Waals surface area contributed by atoms with Gasteiger partial charge in [0.2, 0.25) is 47.3 Å². The van der Waals surface area contributed by atoms with Crippen LogP contribution in [0.4, 0.5) is 10.5 Å². The maximum atomic E-state index is 14.8. The molecule has 0 radical (unpaired) electrons. The van der Waals surface area contributed by atoms with Crippen molar-refractivity contribution in [3.8, 4) is 0 Å². The summed E-state index contributed by atoms with van der Waals surface area (Å²) in [6.45, 7) is 20.7. The minimum Gasteiger partial charge on any atom is -0.481 e. The molecule has 2 aromatic carbocycles. The molecule has 0 aromatic heterocycles. The molecule has 27 heteroatoms. The summed E-state index contributed by atoms with van der Waals surface area (Å²) < 4.78 is 17.7. The highest BCUT2D eigenvalue weighted by Crippen LogP contribution is 2.31. The van der Waals surface area contributed by atoms with Crippen molar-refractivity contribution >= 4 is 76.8 Å². The Morgan fingerprint density at radius 1 is 0.729 bits per heavy atom. The number of nitrogens with one attached hydrogen (secondary N) is 6. The smallest absolute Gasteiger partial charge is 0.410 e. The van der Waals surface area contributed by atoms with Crippen LogP contribution in [0.15, 0.2) is 66.7 Å². The van der Waals surface area contributed by atoms with Crippen LogP contribution in [0.2, 0.25) is 0 Å². The van der Waals surface area contributed by atoms with Crippen molar-refractivity contribution in [2.24, 2.45) is 29.6 Å². The van der Waals surface area contributed by atoms with Crippen LogP contribution in [-0.4, -0.2) is 202 Å². The molecule has 12 atom stereocenters. The third-order valence-electron chi connectivity index (χ3n) is 17.8. The van der Waals surface area contributed by atoms with Crippen LogP contribution in [0.3, 0.4) is 0 Å². The lowest BCUT2D eigenvalue weighted by molar-refractivity contribution is -0.148. The lowest BCUT2D eigenvalue weighted by Crippen LogP contribution is -2.61. The van der Waals surface area contributed by atoms with E-state index in [1.807, 2.05) is 45.9 Å². The zero-order valence-corrected chi connectivity index (χ0v) is 58.6. The van der Waals surface area contributed by atoms with E-state index in [0.29, 0.717) is 36.9 Å². The average molecular weight is 1350 g/mol. The fourth-order valence-electron chi connectivity index (χ4n) is 12.0. The predicted octanol–water partition coefficient (Wildman–Crippen LogP) is 4.61. The molecule has 0 aliphatic carbocycles. The van der Waals surface area contributed by atoms with Gasteiger partial charge in [0.15, 0.2) is 0 Å². The van der Waals surface area contributed by atoms with E-state index in [1.54, 1.807) is 77.8 Å². The molecule has 2 aromatic rings. The Hall–Kier alpha value is -8.30. The highest BCUT2D eigenvalue weighted by molar-refractivity contribution is 6.13. The number of nitrogens with zero attached hydrogens (tertiary/aromatic N) is 4. The number of imide groups is 1. The zero-order chi connectivity index (χ0) is 72.1. The summed E-state index contributed by atoms with van der Waals surface area (Å²) in [5.41, 5.74) is -0.349. The van der Waals surface area contributed by atoms with Gasteiger partial charge in [-0.25, -0.2) is 4.79 Å². The first-order chi connectivity index (χ1) is 45.1. The number of rotatable bonds is 37. The average Bonchev–Trinajstić information content (AvgIpc) is 1.42. The fraction of sp³-hybridized carbons (Fsp3) is 0.623. The number of methoxy groups -OCH3 is 2. The van der Waals surface area contributed by atoms with Crippen molar-refractivity contribution in [3.05, 3.63) is 77.9 Å². The molecule has 0 unspecified atom stereocenters. The molecule has 8 N–H and O–H groups in total. The van der Waals surface area contributed by atoms with Crippen molar-refractivity contribution < 1.29 is 82.0 Å². The molecule has 2 aliphatic rings. The molecule has 4 rings (SSSR count).